The van der Waals surface area contributed by atoms with Gasteiger partial charge in [-0.25, -0.2) is 9.67 Å². The number of benzene rings is 1. The van der Waals surface area contributed by atoms with Gasteiger partial charge in [-0.3, -0.25) is 14.8 Å². The molecule has 6 nitrogen and oxygen atoms in total. The minimum absolute atomic E-state index is 0.0928. The standard InChI is InChI=1S/C19H24IN5O/c1-19(2,3)14-6-4-13(5-7-14)17-20-18(24-10-8-21-9-11-24)25-15(22-17)12-16(26)23-25/h4-7,12,21H,8-11H2,1-3H3,(H,23,26). The number of nitrogens with zero attached hydrogens (tertiary/aromatic N) is 3. The Hall–Kier alpha value is -1.58. The van der Waals surface area contributed by atoms with Gasteiger partial charge in [0.15, 0.2) is 5.82 Å². The van der Waals surface area contributed by atoms with E-state index in [0.717, 1.165) is 29.9 Å². The van der Waals surface area contributed by atoms with Crippen molar-refractivity contribution in [2.75, 3.05) is 26.2 Å². The quantitative estimate of drug-likeness (QED) is 0.670. The lowest BCUT2D eigenvalue weighted by atomic mass is 9.87. The Kier molecular flexibility index (Phi) is 4.70. The van der Waals surface area contributed by atoms with Gasteiger partial charge in [0.05, 0.1) is 0 Å². The van der Waals surface area contributed by atoms with Gasteiger partial charge in [0, 0.05) is 37.8 Å². The van der Waals surface area contributed by atoms with Gasteiger partial charge < -0.3 is 5.32 Å². The highest BCUT2D eigenvalue weighted by Gasteiger charge is 2.24. The number of hydrogen-bond donors (Lipinski definition) is 2. The van der Waals surface area contributed by atoms with Crippen LogP contribution in [0.5, 0.6) is 0 Å². The first-order valence-electron chi connectivity index (χ1n) is 8.91. The molecule has 0 bridgehead atoms. The predicted octanol–water partition coefficient (Wildman–Crippen LogP) is 2.38. The molecule has 1 fully saturated rings. The summed E-state index contributed by atoms with van der Waals surface area (Å²) < 4.78 is 4.23. The normalized spacial score (nSPS) is 18.6. The van der Waals surface area contributed by atoms with E-state index in [1.807, 2.05) is 4.68 Å². The maximum Gasteiger partial charge on any atom is 0.266 e. The molecule has 3 heterocycles. The second-order valence-electron chi connectivity index (χ2n) is 7.64. The molecular weight excluding hydrogens is 441 g/mol. The Morgan fingerprint density at radius 1 is 1.12 bits per heavy atom. The van der Waals surface area contributed by atoms with E-state index in [0.29, 0.717) is 5.82 Å². The molecule has 2 aliphatic heterocycles. The van der Waals surface area contributed by atoms with Crippen molar-refractivity contribution in [1.82, 2.24) is 20.0 Å². The van der Waals surface area contributed by atoms with E-state index in [1.54, 1.807) is 6.07 Å². The van der Waals surface area contributed by atoms with Crippen LogP contribution >= 0.6 is 20.7 Å². The van der Waals surface area contributed by atoms with Crippen molar-refractivity contribution in [2.24, 2.45) is 4.99 Å². The first-order valence-corrected chi connectivity index (χ1v) is 11.1. The molecule has 0 unspecified atom stereocenters. The molecule has 26 heavy (non-hydrogen) atoms. The topological polar surface area (TPSA) is 65.4 Å². The molecule has 0 atom stereocenters. The molecule has 0 aliphatic carbocycles. The van der Waals surface area contributed by atoms with Gasteiger partial charge in [0.2, 0.25) is 0 Å². The van der Waals surface area contributed by atoms with Crippen LogP contribution in [-0.2, 0) is 5.41 Å². The minimum atomic E-state index is -0.478. The maximum atomic E-state index is 11.9. The molecule has 0 spiro atoms. The summed E-state index contributed by atoms with van der Waals surface area (Å²) >= 11 is -0.478. The van der Waals surface area contributed by atoms with Crippen molar-refractivity contribution in [3.63, 3.8) is 0 Å². The molecule has 0 saturated carbocycles. The zero-order chi connectivity index (χ0) is 18.3. The van der Waals surface area contributed by atoms with Crippen molar-refractivity contribution in [3.8, 4) is 0 Å². The van der Waals surface area contributed by atoms with Crippen LogP contribution in [0.2, 0.25) is 0 Å². The minimum Gasteiger partial charge on any atom is -0.314 e. The van der Waals surface area contributed by atoms with Crippen molar-refractivity contribution in [3.05, 3.63) is 51.8 Å². The molecule has 0 amide bonds. The zero-order valence-corrected chi connectivity index (χ0v) is 17.5. The molecule has 2 aromatic rings. The average molecular weight is 465 g/mol. The van der Waals surface area contributed by atoms with Crippen molar-refractivity contribution in [1.29, 1.82) is 0 Å². The molecular formula is C19H24IN5O. The van der Waals surface area contributed by atoms with Gasteiger partial charge in [-0.2, -0.15) is 0 Å². The van der Waals surface area contributed by atoms with E-state index < -0.39 is 20.7 Å². The second kappa shape index (κ2) is 6.86. The largest absolute Gasteiger partial charge is 0.314 e. The Morgan fingerprint density at radius 2 is 1.81 bits per heavy atom. The lowest BCUT2D eigenvalue weighted by Gasteiger charge is -2.30. The Bertz CT molecular complexity index is 924. The first-order chi connectivity index (χ1) is 12.4. The predicted molar refractivity (Wildman–Crippen MR) is 115 cm³/mol. The maximum absolute atomic E-state index is 11.9. The molecule has 4 rings (SSSR count). The first kappa shape index (κ1) is 17.8. The van der Waals surface area contributed by atoms with Crippen LogP contribution in [0.15, 0.2) is 40.1 Å². The number of rotatable bonds is 2. The van der Waals surface area contributed by atoms with Crippen molar-refractivity contribution >= 4 is 34.0 Å². The smallest absolute Gasteiger partial charge is 0.266 e. The molecule has 1 saturated heterocycles. The summed E-state index contributed by atoms with van der Waals surface area (Å²) in [4.78, 5) is 19.1. The highest BCUT2D eigenvalue weighted by molar-refractivity contribution is 14.2. The van der Waals surface area contributed by atoms with Crippen molar-refractivity contribution < 1.29 is 0 Å². The third-order valence-corrected chi connectivity index (χ3v) is 7.67. The van der Waals surface area contributed by atoms with Gasteiger partial charge in [-0.1, -0.05) is 45.0 Å². The molecule has 1 aromatic heterocycles. The second-order valence-corrected chi connectivity index (χ2v) is 10.2. The lowest BCUT2D eigenvalue weighted by molar-refractivity contribution is 0.353. The SMILES string of the molecule is CC(C)(C)c1ccc(C2=Nc3cc(=O)[nH]n3C(N3CCNCC3)=I2)cc1. The van der Waals surface area contributed by atoms with Gasteiger partial charge in [0.25, 0.3) is 5.56 Å². The van der Waals surface area contributed by atoms with Gasteiger partial charge in [-0.05, 0) is 31.7 Å². The number of nitrogens with one attached hydrogen (secondary N) is 2. The van der Waals surface area contributed by atoms with Crippen LogP contribution in [0.1, 0.15) is 31.9 Å². The van der Waals surface area contributed by atoms with Crippen molar-refractivity contribution in [2.45, 2.75) is 26.2 Å². The van der Waals surface area contributed by atoms with Crippen LogP contribution in [0.4, 0.5) is 5.82 Å². The molecule has 2 N–H and O–H groups in total. The highest BCUT2D eigenvalue weighted by Crippen LogP contribution is 2.29. The summed E-state index contributed by atoms with van der Waals surface area (Å²) in [6.07, 6.45) is 0. The molecule has 7 heteroatoms. The summed E-state index contributed by atoms with van der Waals surface area (Å²) in [6, 6.07) is 10.3. The summed E-state index contributed by atoms with van der Waals surface area (Å²) in [6.45, 7) is 10.5. The molecule has 0 radical (unpaired) electrons. The van der Waals surface area contributed by atoms with E-state index in [2.05, 4.69) is 60.4 Å². The van der Waals surface area contributed by atoms with E-state index >= 15 is 0 Å². The van der Waals surface area contributed by atoms with Crippen LogP contribution < -0.4 is 10.9 Å². The number of piperazine rings is 1. The number of aromatic amines is 1. The number of aliphatic imine (C=N–C) groups is 1. The average Bonchev–Trinajstić information content (AvgIpc) is 3.01. The fourth-order valence-corrected chi connectivity index (χ4v) is 6.05. The zero-order valence-electron chi connectivity index (χ0n) is 15.3. The Morgan fingerprint density at radius 3 is 2.46 bits per heavy atom. The lowest BCUT2D eigenvalue weighted by Crippen LogP contribution is -2.48. The summed E-state index contributed by atoms with van der Waals surface area (Å²) in [5, 5.41) is 6.32. The third-order valence-electron chi connectivity index (χ3n) is 4.65. The van der Waals surface area contributed by atoms with E-state index in [-0.39, 0.29) is 11.0 Å². The monoisotopic (exact) mass is 465 g/mol. The van der Waals surface area contributed by atoms with Gasteiger partial charge in [0.1, 0.15) is 7.48 Å². The third kappa shape index (κ3) is 3.47. The Labute approximate surface area is 163 Å². The number of hydrogen-bond acceptors (Lipinski definition) is 4. The number of aromatic nitrogens is 2. The number of halogens is 1. The fraction of sp³-hybridized carbons (Fsp3) is 0.421. The molecule has 138 valence electrons. The van der Waals surface area contributed by atoms with E-state index in [4.69, 9.17) is 4.99 Å². The van der Waals surface area contributed by atoms with Gasteiger partial charge >= 0.3 is 0 Å². The highest BCUT2D eigenvalue weighted by atomic mass is 127. The molecule has 1 aromatic carbocycles. The van der Waals surface area contributed by atoms with Crippen LogP contribution in [0.3, 0.4) is 0 Å². The van der Waals surface area contributed by atoms with Gasteiger partial charge in [-0.15, -0.1) is 0 Å². The van der Waals surface area contributed by atoms with Crippen LogP contribution in [-0.4, -0.2) is 48.3 Å². The molecule has 2 aliphatic rings. The van der Waals surface area contributed by atoms with Crippen LogP contribution in [0, 0.1) is 0 Å². The van der Waals surface area contributed by atoms with Crippen LogP contribution in [0.25, 0.3) is 0 Å². The fourth-order valence-electron chi connectivity index (χ4n) is 3.13. The van der Waals surface area contributed by atoms with E-state index in [9.17, 15) is 4.79 Å². The Balaban J connectivity index is 1.75. The number of H-pyrrole nitrogens is 1. The summed E-state index contributed by atoms with van der Waals surface area (Å²) in [5.74, 6) is 0.712. The summed E-state index contributed by atoms with van der Waals surface area (Å²) in [5.41, 5.74) is 2.53. The van der Waals surface area contributed by atoms with E-state index in [1.165, 1.54) is 14.9 Å². The number of fused-ring (bicyclic) bond motifs is 1. The summed E-state index contributed by atoms with van der Waals surface area (Å²) in [7, 11) is 0.